The Kier molecular flexibility index (Phi) is 4.63. The molecular weight excluding hydrogens is 302 g/mol. The molecule has 94 valence electrons. The van der Waals surface area contributed by atoms with E-state index in [2.05, 4.69) is 28.6 Å². The van der Waals surface area contributed by atoms with E-state index in [1.807, 2.05) is 0 Å². The lowest BCUT2D eigenvalue weighted by Gasteiger charge is -2.26. The van der Waals surface area contributed by atoms with Gasteiger partial charge >= 0.3 is 0 Å². The molecular formula is C12H16BrNO2S. The standard InChI is InChI=1S/C12H16BrNO2S/c1-12(2,16)7-14(3)11(15)9-5-4-8(13)6-10(9)17/h4-6,16-17H,7H2,1-3H3. The van der Waals surface area contributed by atoms with Crippen molar-refractivity contribution in [1.29, 1.82) is 0 Å². The van der Waals surface area contributed by atoms with Crippen molar-refractivity contribution in [2.45, 2.75) is 24.3 Å². The van der Waals surface area contributed by atoms with Crippen LogP contribution in [0.15, 0.2) is 27.6 Å². The first-order chi connectivity index (χ1) is 7.70. The number of thiol groups is 1. The quantitative estimate of drug-likeness (QED) is 0.841. The number of hydrogen-bond acceptors (Lipinski definition) is 3. The minimum atomic E-state index is -0.906. The molecule has 1 aromatic rings. The van der Waals surface area contributed by atoms with Gasteiger partial charge in [-0.05, 0) is 32.0 Å². The van der Waals surface area contributed by atoms with E-state index < -0.39 is 5.60 Å². The third-order valence-corrected chi connectivity index (χ3v) is 3.02. The largest absolute Gasteiger partial charge is 0.389 e. The average molecular weight is 318 g/mol. The summed E-state index contributed by atoms with van der Waals surface area (Å²) in [6, 6.07) is 5.29. The number of carbonyl (C=O) groups is 1. The second kappa shape index (κ2) is 5.42. The Bertz CT molecular complexity index is 429. The second-order valence-corrected chi connectivity index (χ2v) is 6.03. The first kappa shape index (κ1) is 14.5. The fourth-order valence-corrected chi connectivity index (χ4v) is 2.39. The monoisotopic (exact) mass is 317 g/mol. The van der Waals surface area contributed by atoms with Gasteiger partial charge in [0.1, 0.15) is 0 Å². The highest BCUT2D eigenvalue weighted by Crippen LogP contribution is 2.21. The molecule has 0 heterocycles. The molecule has 1 amide bonds. The first-order valence-electron chi connectivity index (χ1n) is 5.17. The van der Waals surface area contributed by atoms with Gasteiger partial charge in [-0.15, -0.1) is 12.6 Å². The van der Waals surface area contributed by atoms with Crippen LogP contribution in [0.25, 0.3) is 0 Å². The van der Waals surface area contributed by atoms with Crippen LogP contribution in [-0.4, -0.2) is 35.1 Å². The van der Waals surface area contributed by atoms with Crippen LogP contribution in [-0.2, 0) is 0 Å². The molecule has 17 heavy (non-hydrogen) atoms. The van der Waals surface area contributed by atoms with Gasteiger partial charge in [0.15, 0.2) is 0 Å². The van der Waals surface area contributed by atoms with E-state index in [0.29, 0.717) is 10.5 Å². The molecule has 0 unspecified atom stereocenters. The van der Waals surface area contributed by atoms with Crippen molar-refractivity contribution >= 4 is 34.5 Å². The summed E-state index contributed by atoms with van der Waals surface area (Å²) >= 11 is 7.59. The molecule has 0 saturated heterocycles. The molecule has 1 rings (SSSR count). The highest BCUT2D eigenvalue weighted by Gasteiger charge is 2.21. The third-order valence-electron chi connectivity index (χ3n) is 2.16. The number of nitrogens with zero attached hydrogens (tertiary/aromatic N) is 1. The zero-order chi connectivity index (χ0) is 13.2. The maximum atomic E-state index is 12.1. The lowest BCUT2D eigenvalue weighted by atomic mass is 10.1. The Labute approximate surface area is 115 Å². The summed E-state index contributed by atoms with van der Waals surface area (Å²) in [5.41, 5.74) is -0.375. The first-order valence-corrected chi connectivity index (χ1v) is 6.41. The predicted octanol–water partition coefficient (Wildman–Crippen LogP) is 2.58. The van der Waals surface area contributed by atoms with Crippen LogP contribution in [0, 0.1) is 0 Å². The summed E-state index contributed by atoms with van der Waals surface area (Å²) in [6.07, 6.45) is 0. The van der Waals surface area contributed by atoms with Crippen molar-refractivity contribution in [1.82, 2.24) is 4.90 Å². The number of halogens is 1. The van der Waals surface area contributed by atoms with Crippen LogP contribution in [0.1, 0.15) is 24.2 Å². The van der Waals surface area contributed by atoms with Crippen LogP contribution < -0.4 is 0 Å². The number of aliphatic hydroxyl groups is 1. The molecule has 0 aliphatic rings. The van der Waals surface area contributed by atoms with Crippen LogP contribution >= 0.6 is 28.6 Å². The molecule has 0 fully saturated rings. The number of benzene rings is 1. The molecule has 1 N–H and O–H groups in total. The summed E-state index contributed by atoms with van der Waals surface area (Å²) in [6.45, 7) is 3.61. The molecule has 0 aliphatic heterocycles. The molecule has 1 aromatic carbocycles. The number of hydrogen-bond donors (Lipinski definition) is 2. The van der Waals surface area contributed by atoms with E-state index in [9.17, 15) is 9.90 Å². The molecule has 3 nitrogen and oxygen atoms in total. The van der Waals surface area contributed by atoms with Gasteiger partial charge in [-0.25, -0.2) is 0 Å². The Hall–Kier alpha value is -0.520. The van der Waals surface area contributed by atoms with Gasteiger partial charge in [0.05, 0.1) is 11.2 Å². The summed E-state index contributed by atoms with van der Waals surface area (Å²) in [7, 11) is 1.66. The van der Waals surface area contributed by atoms with E-state index in [4.69, 9.17) is 0 Å². The average Bonchev–Trinajstić information content (AvgIpc) is 2.14. The van der Waals surface area contributed by atoms with Crippen molar-refractivity contribution < 1.29 is 9.90 Å². The van der Waals surface area contributed by atoms with E-state index >= 15 is 0 Å². The van der Waals surface area contributed by atoms with Crippen molar-refractivity contribution in [3.63, 3.8) is 0 Å². The smallest absolute Gasteiger partial charge is 0.254 e. The van der Waals surface area contributed by atoms with Crippen molar-refractivity contribution in [2.24, 2.45) is 0 Å². The SMILES string of the molecule is CN(CC(C)(C)O)C(=O)c1ccc(Br)cc1S. The molecule has 5 heteroatoms. The Morgan fingerprint density at radius 1 is 1.53 bits per heavy atom. The Balaban J connectivity index is 2.89. The summed E-state index contributed by atoms with van der Waals surface area (Å²) in [4.78, 5) is 14.2. The predicted molar refractivity (Wildman–Crippen MR) is 74.7 cm³/mol. The fraction of sp³-hybridized carbons (Fsp3) is 0.417. The van der Waals surface area contributed by atoms with Crippen molar-refractivity contribution in [2.75, 3.05) is 13.6 Å². The number of amides is 1. The fourth-order valence-electron chi connectivity index (χ4n) is 1.54. The van der Waals surface area contributed by atoms with Gasteiger partial charge in [0, 0.05) is 23.0 Å². The third kappa shape index (κ3) is 4.33. The van der Waals surface area contributed by atoms with Crippen LogP contribution in [0.5, 0.6) is 0 Å². The minimum Gasteiger partial charge on any atom is -0.389 e. The lowest BCUT2D eigenvalue weighted by molar-refractivity contribution is 0.0366. The van der Waals surface area contributed by atoms with Crippen molar-refractivity contribution in [3.05, 3.63) is 28.2 Å². The van der Waals surface area contributed by atoms with Crippen LogP contribution in [0.4, 0.5) is 0 Å². The van der Waals surface area contributed by atoms with Gasteiger partial charge in [0.2, 0.25) is 0 Å². The highest BCUT2D eigenvalue weighted by molar-refractivity contribution is 9.10. The van der Waals surface area contributed by atoms with E-state index in [1.165, 1.54) is 4.90 Å². The molecule has 0 atom stereocenters. The Morgan fingerprint density at radius 2 is 2.12 bits per heavy atom. The van der Waals surface area contributed by atoms with Gasteiger partial charge in [0.25, 0.3) is 5.91 Å². The normalized spacial score (nSPS) is 11.4. The topological polar surface area (TPSA) is 40.5 Å². The van der Waals surface area contributed by atoms with E-state index in [-0.39, 0.29) is 12.5 Å². The maximum Gasteiger partial charge on any atom is 0.254 e. The van der Waals surface area contributed by atoms with E-state index in [0.717, 1.165) is 4.47 Å². The summed E-state index contributed by atoms with van der Waals surface area (Å²) < 4.78 is 0.879. The molecule has 0 aromatic heterocycles. The molecule has 0 aliphatic carbocycles. The zero-order valence-corrected chi connectivity index (χ0v) is 12.5. The minimum absolute atomic E-state index is 0.148. The molecule has 0 radical (unpaired) electrons. The van der Waals surface area contributed by atoms with E-state index in [1.54, 1.807) is 39.1 Å². The molecule has 0 saturated carbocycles. The molecule has 0 spiro atoms. The van der Waals surface area contributed by atoms with Crippen LogP contribution in [0.2, 0.25) is 0 Å². The highest BCUT2D eigenvalue weighted by atomic mass is 79.9. The summed E-state index contributed by atoms with van der Waals surface area (Å²) in [5.74, 6) is -0.148. The number of rotatable bonds is 3. The van der Waals surface area contributed by atoms with Crippen LogP contribution in [0.3, 0.4) is 0 Å². The number of carbonyl (C=O) groups excluding carboxylic acids is 1. The van der Waals surface area contributed by atoms with Gasteiger partial charge < -0.3 is 10.0 Å². The summed E-state index contributed by atoms with van der Waals surface area (Å²) in [5, 5.41) is 9.68. The Morgan fingerprint density at radius 3 is 2.59 bits per heavy atom. The lowest BCUT2D eigenvalue weighted by Crippen LogP contribution is -2.39. The zero-order valence-electron chi connectivity index (χ0n) is 10.1. The van der Waals surface area contributed by atoms with Gasteiger partial charge in [-0.3, -0.25) is 4.79 Å². The second-order valence-electron chi connectivity index (χ2n) is 4.64. The van der Waals surface area contributed by atoms with Gasteiger partial charge in [-0.2, -0.15) is 0 Å². The molecule has 0 bridgehead atoms. The van der Waals surface area contributed by atoms with Crippen molar-refractivity contribution in [3.8, 4) is 0 Å². The number of likely N-dealkylation sites (N-methyl/N-ethyl adjacent to an activating group) is 1. The maximum absolute atomic E-state index is 12.1. The van der Waals surface area contributed by atoms with Gasteiger partial charge in [-0.1, -0.05) is 15.9 Å².